The quantitative estimate of drug-likeness (QED) is 0.173. The zero-order valence-electron chi connectivity index (χ0n) is 22.0. The van der Waals surface area contributed by atoms with E-state index >= 15 is 0 Å². The monoisotopic (exact) mass is 564 g/mol. The Kier molecular flexibility index (Phi) is 13.0. The summed E-state index contributed by atoms with van der Waals surface area (Å²) < 4.78 is 25.0. The van der Waals surface area contributed by atoms with Crippen molar-refractivity contribution in [3.05, 3.63) is 64.7 Å². The molecule has 0 fully saturated rings. The van der Waals surface area contributed by atoms with Gasteiger partial charge in [-0.05, 0) is 48.9 Å². The van der Waals surface area contributed by atoms with Gasteiger partial charge in [0.25, 0.3) is 0 Å². The molecular weight excluding hydrogens is 532 g/mol. The van der Waals surface area contributed by atoms with E-state index in [-0.39, 0.29) is 41.2 Å². The van der Waals surface area contributed by atoms with Crippen molar-refractivity contribution in [1.82, 2.24) is 0 Å². The lowest BCUT2D eigenvalue weighted by molar-refractivity contribution is -0.00474. The van der Waals surface area contributed by atoms with Crippen LogP contribution in [0.15, 0.2) is 42.5 Å². The maximum atomic E-state index is 12.5. The summed E-state index contributed by atoms with van der Waals surface area (Å²) in [5.41, 5.74) is 0.0927. The van der Waals surface area contributed by atoms with E-state index in [2.05, 4.69) is 4.74 Å². The van der Waals surface area contributed by atoms with Gasteiger partial charge in [0.15, 0.2) is 0 Å². The van der Waals surface area contributed by atoms with Gasteiger partial charge in [-0.2, -0.15) is 0 Å². The maximum Gasteiger partial charge on any atom is 0.338 e. The summed E-state index contributed by atoms with van der Waals surface area (Å²) in [6.07, 6.45) is -2.90. The molecule has 3 atom stereocenters. The van der Waals surface area contributed by atoms with Crippen molar-refractivity contribution < 1.29 is 63.3 Å². The van der Waals surface area contributed by atoms with Gasteiger partial charge in [0, 0.05) is 0 Å². The smallest absolute Gasteiger partial charge is 0.338 e. The van der Waals surface area contributed by atoms with Crippen LogP contribution in [0.4, 0.5) is 0 Å². The second-order valence-electron chi connectivity index (χ2n) is 8.47. The van der Waals surface area contributed by atoms with Crippen LogP contribution in [0.25, 0.3) is 0 Å². The number of rotatable bonds is 15. The highest BCUT2D eigenvalue weighted by atomic mass is 16.6. The Morgan fingerprint density at radius 1 is 0.650 bits per heavy atom. The van der Waals surface area contributed by atoms with E-state index in [0.29, 0.717) is 6.42 Å². The number of ether oxygens (including phenoxy) is 5. The first-order chi connectivity index (χ1) is 19.1. The standard InChI is InChI=1S/C27H32O13/c1-3-20(29)12-38-25(33)16-4-6-17(7-5-16)26(34)39-14-22(31)15-40-27(35)19-8-18(24(32)36-2)9-23(10-19)37-13-21(30)11-28/h4-10,20-22,28-31H,3,11-15H2,1-2H3. The Morgan fingerprint density at radius 3 is 1.55 bits per heavy atom. The molecule has 2 rings (SSSR count). The van der Waals surface area contributed by atoms with Gasteiger partial charge in [-0.1, -0.05) is 6.92 Å². The van der Waals surface area contributed by atoms with Crippen LogP contribution in [0, 0.1) is 0 Å². The lowest BCUT2D eigenvalue weighted by Gasteiger charge is -2.14. The third kappa shape index (κ3) is 10.3. The van der Waals surface area contributed by atoms with Gasteiger partial charge in [-0.3, -0.25) is 0 Å². The fraction of sp³-hybridized carbons (Fsp3) is 0.407. The van der Waals surface area contributed by atoms with Crippen molar-refractivity contribution in [3.63, 3.8) is 0 Å². The second-order valence-corrected chi connectivity index (χ2v) is 8.47. The number of hydrogen-bond acceptors (Lipinski definition) is 13. The average Bonchev–Trinajstić information content (AvgIpc) is 2.99. The number of benzene rings is 2. The minimum Gasteiger partial charge on any atom is -0.491 e. The highest BCUT2D eigenvalue weighted by Gasteiger charge is 2.19. The van der Waals surface area contributed by atoms with E-state index in [4.69, 9.17) is 24.1 Å². The number of carbonyl (C=O) groups excluding carboxylic acids is 4. The summed E-state index contributed by atoms with van der Waals surface area (Å²) in [4.78, 5) is 48.7. The molecule has 4 N–H and O–H groups in total. The molecule has 0 amide bonds. The second kappa shape index (κ2) is 16.2. The molecular formula is C27H32O13. The van der Waals surface area contributed by atoms with Crippen molar-refractivity contribution in [2.75, 3.05) is 40.1 Å². The molecule has 13 heteroatoms. The van der Waals surface area contributed by atoms with Crippen LogP contribution in [0.5, 0.6) is 5.75 Å². The van der Waals surface area contributed by atoms with Crippen LogP contribution < -0.4 is 4.74 Å². The molecule has 0 aliphatic carbocycles. The third-order valence-electron chi connectivity index (χ3n) is 5.26. The van der Waals surface area contributed by atoms with Gasteiger partial charge in [0.2, 0.25) is 0 Å². The first kappa shape index (κ1) is 32.2. The van der Waals surface area contributed by atoms with Crippen molar-refractivity contribution >= 4 is 23.9 Å². The Hall–Kier alpha value is -4.04. The van der Waals surface area contributed by atoms with Crippen LogP contribution in [0.1, 0.15) is 54.8 Å². The molecule has 0 bridgehead atoms. The SMILES string of the molecule is CCC(O)COC(=O)c1ccc(C(=O)OCC(O)COC(=O)c2cc(OCC(O)CO)cc(C(=O)OC)c2)cc1. The first-order valence-corrected chi connectivity index (χ1v) is 12.2. The highest BCUT2D eigenvalue weighted by molar-refractivity contribution is 5.96. The third-order valence-corrected chi connectivity index (χ3v) is 5.26. The van der Waals surface area contributed by atoms with E-state index in [9.17, 15) is 34.5 Å². The summed E-state index contributed by atoms with van der Waals surface area (Å²) in [5, 5.41) is 38.0. The number of aliphatic hydroxyl groups excluding tert-OH is 4. The Labute approximate surface area is 229 Å². The van der Waals surface area contributed by atoms with E-state index in [1.54, 1.807) is 6.92 Å². The van der Waals surface area contributed by atoms with Crippen LogP contribution in [0.2, 0.25) is 0 Å². The normalized spacial score (nSPS) is 12.9. The summed E-state index contributed by atoms with van der Waals surface area (Å²) in [5.74, 6) is -3.14. The molecule has 0 heterocycles. The molecule has 0 aliphatic heterocycles. The molecule has 0 saturated carbocycles. The van der Waals surface area contributed by atoms with Crippen molar-refractivity contribution in [1.29, 1.82) is 0 Å². The Balaban J connectivity index is 1.90. The van der Waals surface area contributed by atoms with Crippen LogP contribution in [-0.2, 0) is 18.9 Å². The molecule has 0 saturated heterocycles. The number of esters is 4. The fourth-order valence-corrected chi connectivity index (χ4v) is 2.96. The largest absolute Gasteiger partial charge is 0.491 e. The zero-order chi connectivity index (χ0) is 29.7. The molecule has 218 valence electrons. The number of carbonyl (C=O) groups is 4. The molecule has 0 aliphatic rings. The fourth-order valence-electron chi connectivity index (χ4n) is 2.96. The van der Waals surface area contributed by atoms with E-state index in [0.717, 1.165) is 7.11 Å². The lowest BCUT2D eigenvalue weighted by Crippen LogP contribution is -2.25. The number of hydrogen-bond donors (Lipinski definition) is 4. The van der Waals surface area contributed by atoms with Gasteiger partial charge in [-0.15, -0.1) is 0 Å². The summed E-state index contributed by atoms with van der Waals surface area (Å²) in [6.45, 7) is -0.342. The van der Waals surface area contributed by atoms with Crippen LogP contribution >= 0.6 is 0 Å². The van der Waals surface area contributed by atoms with Crippen molar-refractivity contribution in [2.45, 2.75) is 31.7 Å². The predicted octanol–water partition coefficient (Wildman–Crippen LogP) is 0.508. The van der Waals surface area contributed by atoms with E-state index in [1.807, 2.05) is 0 Å². The topological polar surface area (TPSA) is 195 Å². The molecule has 3 unspecified atom stereocenters. The van der Waals surface area contributed by atoms with E-state index < -0.39 is 62.0 Å². The van der Waals surface area contributed by atoms with Gasteiger partial charge >= 0.3 is 23.9 Å². The number of methoxy groups -OCH3 is 1. The van der Waals surface area contributed by atoms with Crippen molar-refractivity contribution in [2.24, 2.45) is 0 Å². The minimum absolute atomic E-state index is 0.0228. The molecule has 40 heavy (non-hydrogen) atoms. The van der Waals surface area contributed by atoms with Crippen LogP contribution in [-0.4, -0.2) is 103 Å². The van der Waals surface area contributed by atoms with Gasteiger partial charge in [0.05, 0.1) is 42.1 Å². The Bertz CT molecular complexity index is 1150. The van der Waals surface area contributed by atoms with Gasteiger partial charge in [0.1, 0.15) is 44.4 Å². The summed E-state index contributed by atoms with van der Waals surface area (Å²) in [7, 11) is 1.14. The minimum atomic E-state index is -1.38. The molecule has 2 aromatic rings. The molecule has 2 aromatic carbocycles. The maximum absolute atomic E-state index is 12.5. The van der Waals surface area contributed by atoms with Crippen molar-refractivity contribution in [3.8, 4) is 5.75 Å². The lowest BCUT2D eigenvalue weighted by atomic mass is 10.1. The molecule has 13 nitrogen and oxygen atoms in total. The van der Waals surface area contributed by atoms with E-state index in [1.165, 1.54) is 42.5 Å². The highest BCUT2D eigenvalue weighted by Crippen LogP contribution is 2.20. The average molecular weight is 565 g/mol. The van der Waals surface area contributed by atoms with Crippen LogP contribution in [0.3, 0.4) is 0 Å². The first-order valence-electron chi connectivity index (χ1n) is 12.2. The summed E-state index contributed by atoms with van der Waals surface area (Å²) >= 11 is 0. The predicted molar refractivity (Wildman–Crippen MR) is 136 cm³/mol. The Morgan fingerprint density at radius 2 is 1.10 bits per heavy atom. The van der Waals surface area contributed by atoms with Gasteiger partial charge < -0.3 is 44.1 Å². The molecule has 0 radical (unpaired) electrons. The van der Waals surface area contributed by atoms with Gasteiger partial charge in [-0.25, -0.2) is 19.2 Å². The molecule has 0 spiro atoms. The number of aliphatic hydroxyl groups is 4. The molecule has 0 aromatic heterocycles. The zero-order valence-corrected chi connectivity index (χ0v) is 22.0. The summed E-state index contributed by atoms with van der Waals surface area (Å²) in [6, 6.07) is 9.04.